The lowest BCUT2D eigenvalue weighted by Gasteiger charge is -2.10. The van der Waals surface area contributed by atoms with Gasteiger partial charge in [0.15, 0.2) is 0 Å². The molecule has 1 heterocycles. The molecule has 0 aliphatic carbocycles. The zero-order valence-corrected chi connectivity index (χ0v) is 9.82. The minimum Gasteiger partial charge on any atom is -0.445 e. The Morgan fingerprint density at radius 1 is 1.41 bits per heavy atom. The molecule has 1 unspecified atom stereocenters. The number of carbonyl (C=O) groups is 1. The predicted molar refractivity (Wildman–Crippen MR) is 65.6 cm³/mol. The maximum Gasteiger partial charge on any atom is 0.407 e. The smallest absolute Gasteiger partial charge is 0.407 e. The fraction of sp³-hybridized carbons (Fsp3) is 0.462. The molecule has 1 amide bonds. The molecule has 1 aliphatic heterocycles. The van der Waals surface area contributed by atoms with Crippen LogP contribution in [0.3, 0.4) is 0 Å². The minimum atomic E-state index is -0.333. The van der Waals surface area contributed by atoms with Crippen LogP contribution in [0.4, 0.5) is 4.79 Å². The van der Waals surface area contributed by atoms with Gasteiger partial charge in [-0.05, 0) is 31.0 Å². The highest BCUT2D eigenvalue weighted by Gasteiger charge is 2.15. The van der Waals surface area contributed by atoms with Gasteiger partial charge in [0.25, 0.3) is 0 Å². The van der Waals surface area contributed by atoms with E-state index in [1.54, 1.807) is 0 Å². The summed E-state index contributed by atoms with van der Waals surface area (Å²) < 4.78 is 5.12. The Balaban J connectivity index is 1.64. The number of hydrogen-bond donors (Lipinski definition) is 2. The molecule has 0 saturated carbocycles. The van der Waals surface area contributed by atoms with Crippen molar-refractivity contribution in [2.45, 2.75) is 13.0 Å². The van der Waals surface area contributed by atoms with E-state index in [4.69, 9.17) is 4.74 Å². The van der Waals surface area contributed by atoms with E-state index in [-0.39, 0.29) is 6.09 Å². The molecule has 92 valence electrons. The molecule has 1 fully saturated rings. The van der Waals surface area contributed by atoms with E-state index in [9.17, 15) is 4.79 Å². The Morgan fingerprint density at radius 3 is 2.94 bits per heavy atom. The first-order chi connectivity index (χ1) is 8.34. The molecule has 0 bridgehead atoms. The van der Waals surface area contributed by atoms with Gasteiger partial charge in [-0.1, -0.05) is 30.3 Å². The van der Waals surface area contributed by atoms with E-state index in [1.165, 1.54) is 0 Å². The molecule has 1 aliphatic rings. The predicted octanol–water partition coefficient (Wildman–Crippen LogP) is 1.52. The number of amides is 1. The van der Waals surface area contributed by atoms with Crippen LogP contribution in [0.2, 0.25) is 0 Å². The topological polar surface area (TPSA) is 50.4 Å². The number of hydrogen-bond acceptors (Lipinski definition) is 3. The zero-order chi connectivity index (χ0) is 11.9. The number of carbonyl (C=O) groups excluding carboxylic acids is 1. The van der Waals surface area contributed by atoms with Crippen LogP contribution in [0, 0.1) is 5.92 Å². The maximum absolute atomic E-state index is 11.4. The lowest BCUT2D eigenvalue weighted by atomic mass is 10.1. The summed E-state index contributed by atoms with van der Waals surface area (Å²) >= 11 is 0. The highest BCUT2D eigenvalue weighted by atomic mass is 16.5. The summed E-state index contributed by atoms with van der Waals surface area (Å²) in [5.74, 6) is 0.541. The van der Waals surface area contributed by atoms with Crippen LogP contribution in [-0.4, -0.2) is 25.7 Å². The first-order valence-electron chi connectivity index (χ1n) is 6.00. The summed E-state index contributed by atoms with van der Waals surface area (Å²) in [7, 11) is 0. The third-order valence-corrected chi connectivity index (χ3v) is 2.91. The summed E-state index contributed by atoms with van der Waals surface area (Å²) in [6.07, 6.45) is 0.791. The third kappa shape index (κ3) is 4.07. The Hall–Kier alpha value is -1.55. The fourth-order valence-electron chi connectivity index (χ4n) is 1.89. The molecule has 4 nitrogen and oxygen atoms in total. The molecular weight excluding hydrogens is 216 g/mol. The standard InChI is InChI=1S/C13H18N2O2/c16-13(15-9-12-6-7-14-8-12)17-10-11-4-2-1-3-5-11/h1-5,12,14H,6-10H2,(H,15,16). The van der Waals surface area contributed by atoms with Crippen molar-refractivity contribution in [1.82, 2.24) is 10.6 Å². The molecule has 4 heteroatoms. The lowest BCUT2D eigenvalue weighted by Crippen LogP contribution is -2.30. The number of alkyl carbamates (subject to hydrolysis) is 1. The van der Waals surface area contributed by atoms with E-state index in [2.05, 4.69) is 10.6 Å². The van der Waals surface area contributed by atoms with E-state index in [0.717, 1.165) is 25.1 Å². The average molecular weight is 234 g/mol. The normalized spacial score (nSPS) is 18.9. The zero-order valence-electron chi connectivity index (χ0n) is 9.82. The molecular formula is C13H18N2O2. The lowest BCUT2D eigenvalue weighted by molar-refractivity contribution is 0.138. The largest absolute Gasteiger partial charge is 0.445 e. The van der Waals surface area contributed by atoms with E-state index >= 15 is 0 Å². The monoisotopic (exact) mass is 234 g/mol. The second-order valence-electron chi connectivity index (χ2n) is 4.30. The van der Waals surface area contributed by atoms with Gasteiger partial charge in [-0.2, -0.15) is 0 Å². The van der Waals surface area contributed by atoms with Crippen molar-refractivity contribution in [3.63, 3.8) is 0 Å². The van der Waals surface area contributed by atoms with Crippen LogP contribution in [0.25, 0.3) is 0 Å². The molecule has 1 aromatic carbocycles. The van der Waals surface area contributed by atoms with Gasteiger partial charge in [0.1, 0.15) is 6.61 Å². The Kier molecular flexibility index (Phi) is 4.38. The van der Waals surface area contributed by atoms with Gasteiger partial charge in [0.05, 0.1) is 0 Å². The summed E-state index contributed by atoms with van der Waals surface area (Å²) in [6.45, 7) is 3.06. The Labute approximate surface area is 101 Å². The second kappa shape index (κ2) is 6.25. The minimum absolute atomic E-state index is 0.329. The quantitative estimate of drug-likeness (QED) is 0.830. The van der Waals surface area contributed by atoms with Crippen molar-refractivity contribution in [3.8, 4) is 0 Å². The van der Waals surface area contributed by atoms with E-state index < -0.39 is 0 Å². The number of rotatable bonds is 4. The summed E-state index contributed by atoms with van der Waals surface area (Å²) in [6, 6.07) is 9.68. The van der Waals surface area contributed by atoms with Crippen LogP contribution < -0.4 is 10.6 Å². The van der Waals surface area contributed by atoms with Gasteiger partial charge in [0.2, 0.25) is 0 Å². The van der Waals surface area contributed by atoms with Crippen LogP contribution in [0.5, 0.6) is 0 Å². The van der Waals surface area contributed by atoms with Gasteiger partial charge < -0.3 is 15.4 Å². The van der Waals surface area contributed by atoms with Gasteiger partial charge in [-0.3, -0.25) is 0 Å². The third-order valence-electron chi connectivity index (χ3n) is 2.91. The van der Waals surface area contributed by atoms with Crippen LogP contribution in [0.15, 0.2) is 30.3 Å². The molecule has 1 saturated heterocycles. The second-order valence-corrected chi connectivity index (χ2v) is 4.30. The molecule has 17 heavy (non-hydrogen) atoms. The van der Waals surface area contributed by atoms with Gasteiger partial charge >= 0.3 is 6.09 Å². The van der Waals surface area contributed by atoms with Crippen molar-refractivity contribution in [1.29, 1.82) is 0 Å². The van der Waals surface area contributed by atoms with Crippen molar-refractivity contribution in [3.05, 3.63) is 35.9 Å². The van der Waals surface area contributed by atoms with Crippen molar-refractivity contribution >= 4 is 6.09 Å². The summed E-state index contributed by atoms with van der Waals surface area (Å²) in [5, 5.41) is 6.06. The number of nitrogens with one attached hydrogen (secondary N) is 2. The molecule has 1 aromatic rings. The fourth-order valence-corrected chi connectivity index (χ4v) is 1.89. The molecule has 2 N–H and O–H groups in total. The van der Waals surface area contributed by atoms with Gasteiger partial charge in [0, 0.05) is 6.54 Å². The average Bonchev–Trinajstić information content (AvgIpc) is 2.88. The summed E-state index contributed by atoms with van der Waals surface area (Å²) in [5.41, 5.74) is 1.00. The first-order valence-corrected chi connectivity index (χ1v) is 6.00. The van der Waals surface area contributed by atoms with Crippen LogP contribution in [-0.2, 0) is 11.3 Å². The Morgan fingerprint density at radius 2 is 2.24 bits per heavy atom. The SMILES string of the molecule is O=C(NCC1CCNC1)OCc1ccccc1. The molecule has 1 atom stereocenters. The number of ether oxygens (including phenoxy) is 1. The molecule has 0 aromatic heterocycles. The maximum atomic E-state index is 11.4. The number of benzene rings is 1. The van der Waals surface area contributed by atoms with E-state index in [0.29, 0.717) is 19.1 Å². The van der Waals surface area contributed by atoms with Crippen molar-refractivity contribution in [2.24, 2.45) is 5.92 Å². The first kappa shape index (κ1) is 11.9. The van der Waals surface area contributed by atoms with Crippen molar-refractivity contribution < 1.29 is 9.53 Å². The Bertz CT molecular complexity index is 348. The molecule has 0 radical (unpaired) electrons. The van der Waals surface area contributed by atoms with Crippen LogP contribution >= 0.6 is 0 Å². The van der Waals surface area contributed by atoms with Gasteiger partial charge in [-0.15, -0.1) is 0 Å². The molecule has 2 rings (SSSR count). The van der Waals surface area contributed by atoms with Crippen LogP contribution in [0.1, 0.15) is 12.0 Å². The van der Waals surface area contributed by atoms with E-state index in [1.807, 2.05) is 30.3 Å². The highest BCUT2D eigenvalue weighted by molar-refractivity contribution is 5.67. The summed E-state index contributed by atoms with van der Waals surface area (Å²) in [4.78, 5) is 11.4. The molecule has 0 spiro atoms. The van der Waals surface area contributed by atoms with Gasteiger partial charge in [-0.25, -0.2) is 4.79 Å². The van der Waals surface area contributed by atoms with Crippen molar-refractivity contribution in [2.75, 3.05) is 19.6 Å². The highest BCUT2D eigenvalue weighted by Crippen LogP contribution is 2.05.